The van der Waals surface area contributed by atoms with Gasteiger partial charge in [-0.05, 0) is 56.4 Å². The van der Waals surface area contributed by atoms with Crippen LogP contribution in [0.1, 0.15) is 49.3 Å². The van der Waals surface area contributed by atoms with E-state index < -0.39 is 10.0 Å². The summed E-state index contributed by atoms with van der Waals surface area (Å²) in [7, 11) is -3.54. The Balaban J connectivity index is 2.39. The molecule has 1 aliphatic rings. The lowest BCUT2D eigenvalue weighted by Crippen LogP contribution is -2.43. The monoisotopic (exact) mass is 297 g/mol. The van der Waals surface area contributed by atoms with E-state index in [1.165, 1.54) is 0 Å². The second-order valence-corrected chi connectivity index (χ2v) is 7.73. The Morgan fingerprint density at radius 2 is 1.80 bits per heavy atom. The van der Waals surface area contributed by atoms with Crippen LogP contribution in [0.15, 0.2) is 17.0 Å². The first-order chi connectivity index (χ1) is 9.27. The molecule has 1 aromatic carbocycles. The van der Waals surface area contributed by atoms with Crippen LogP contribution in [-0.4, -0.2) is 19.1 Å². The molecule has 0 heterocycles. The Morgan fingerprint density at radius 3 is 2.35 bits per heavy atom. The van der Waals surface area contributed by atoms with Gasteiger partial charge in [0.25, 0.3) is 0 Å². The molecule has 0 saturated heterocycles. The Morgan fingerprint density at radius 1 is 1.20 bits per heavy atom. The summed E-state index contributed by atoms with van der Waals surface area (Å²) in [5, 5.41) is 9.32. The van der Waals surface area contributed by atoms with Crippen molar-refractivity contribution < 1.29 is 13.5 Å². The summed E-state index contributed by atoms with van der Waals surface area (Å²) >= 11 is 0. The third kappa shape index (κ3) is 3.05. The lowest BCUT2D eigenvalue weighted by Gasteiger charge is -2.25. The summed E-state index contributed by atoms with van der Waals surface area (Å²) in [4.78, 5) is 0.278. The first kappa shape index (κ1) is 15.5. The third-order valence-corrected chi connectivity index (χ3v) is 5.96. The summed E-state index contributed by atoms with van der Waals surface area (Å²) in [5.74, 6) is 0. The van der Waals surface area contributed by atoms with Crippen molar-refractivity contribution in [3.8, 4) is 0 Å². The third-order valence-electron chi connectivity index (χ3n) is 4.18. The summed E-state index contributed by atoms with van der Waals surface area (Å²) in [6, 6.07) is 3.41. The molecule has 2 N–H and O–H groups in total. The number of sulfonamides is 1. The largest absolute Gasteiger partial charge is 0.392 e. The molecule has 1 aliphatic carbocycles. The lowest BCUT2D eigenvalue weighted by molar-refractivity contribution is 0.280. The van der Waals surface area contributed by atoms with Crippen LogP contribution in [0.3, 0.4) is 0 Å². The Kier molecular flexibility index (Phi) is 4.23. The van der Waals surface area contributed by atoms with E-state index >= 15 is 0 Å². The van der Waals surface area contributed by atoms with Crippen molar-refractivity contribution in [1.82, 2.24) is 4.72 Å². The van der Waals surface area contributed by atoms with Gasteiger partial charge in [-0.1, -0.05) is 18.9 Å². The molecule has 0 radical (unpaired) electrons. The van der Waals surface area contributed by atoms with Crippen LogP contribution in [0.2, 0.25) is 0 Å². The van der Waals surface area contributed by atoms with E-state index in [9.17, 15) is 13.5 Å². The highest BCUT2D eigenvalue weighted by atomic mass is 32.2. The number of nitrogens with one attached hydrogen (secondary N) is 1. The minimum absolute atomic E-state index is 0.147. The van der Waals surface area contributed by atoms with Crippen LogP contribution in [0.5, 0.6) is 0 Å². The second kappa shape index (κ2) is 5.47. The zero-order valence-corrected chi connectivity index (χ0v) is 13.2. The number of benzene rings is 1. The molecule has 0 aliphatic heterocycles. The molecule has 1 fully saturated rings. The van der Waals surface area contributed by atoms with Gasteiger partial charge < -0.3 is 5.11 Å². The average Bonchev–Trinajstić information content (AvgIpc) is 2.74. The van der Waals surface area contributed by atoms with Crippen molar-refractivity contribution in [3.63, 3.8) is 0 Å². The van der Waals surface area contributed by atoms with Crippen LogP contribution in [0.4, 0.5) is 0 Å². The Labute approximate surface area is 121 Å². The molecular formula is C15H23NO3S. The maximum atomic E-state index is 12.6. The Bertz CT molecular complexity index is 602. The molecular weight excluding hydrogens is 274 g/mol. The van der Waals surface area contributed by atoms with Gasteiger partial charge in [-0.15, -0.1) is 0 Å². The van der Waals surface area contributed by atoms with E-state index in [4.69, 9.17) is 0 Å². The summed E-state index contributed by atoms with van der Waals surface area (Å²) < 4.78 is 28.1. The highest BCUT2D eigenvalue weighted by Crippen LogP contribution is 2.31. The van der Waals surface area contributed by atoms with Crippen molar-refractivity contribution in [2.45, 2.75) is 63.5 Å². The van der Waals surface area contributed by atoms with Gasteiger partial charge in [0.05, 0.1) is 11.5 Å². The minimum atomic E-state index is -3.54. The van der Waals surface area contributed by atoms with E-state index in [1.54, 1.807) is 13.0 Å². The van der Waals surface area contributed by atoms with E-state index in [0.29, 0.717) is 11.1 Å². The predicted octanol–water partition coefficient (Wildman–Crippen LogP) is 2.41. The maximum absolute atomic E-state index is 12.6. The van der Waals surface area contributed by atoms with Crippen molar-refractivity contribution in [2.75, 3.05) is 0 Å². The standard InChI is InChI=1S/C15H23NO3S/c1-11-8-12(2)14(9-13(11)10-17)20(18,19)16-15(3)6-4-5-7-15/h8-9,16-17H,4-7,10H2,1-3H3. The minimum Gasteiger partial charge on any atom is -0.392 e. The van der Waals surface area contributed by atoms with E-state index in [-0.39, 0.29) is 17.0 Å². The number of hydrogen-bond acceptors (Lipinski definition) is 3. The van der Waals surface area contributed by atoms with Gasteiger partial charge in [0.1, 0.15) is 0 Å². The van der Waals surface area contributed by atoms with Gasteiger partial charge in [0.15, 0.2) is 0 Å². The second-order valence-electron chi connectivity index (χ2n) is 6.08. The van der Waals surface area contributed by atoms with Crippen LogP contribution >= 0.6 is 0 Å². The smallest absolute Gasteiger partial charge is 0.241 e. The number of aryl methyl sites for hydroxylation is 2. The molecule has 0 spiro atoms. The summed E-state index contributed by atoms with van der Waals surface area (Å²) in [6.07, 6.45) is 3.88. The quantitative estimate of drug-likeness (QED) is 0.897. The van der Waals surface area contributed by atoms with Crippen molar-refractivity contribution in [3.05, 3.63) is 28.8 Å². The normalized spacial score (nSPS) is 18.4. The molecule has 4 nitrogen and oxygen atoms in total. The van der Waals surface area contributed by atoms with E-state index in [1.807, 2.05) is 19.9 Å². The molecule has 0 aromatic heterocycles. The molecule has 0 atom stereocenters. The lowest BCUT2D eigenvalue weighted by atomic mass is 10.0. The van der Waals surface area contributed by atoms with Gasteiger partial charge in [0.2, 0.25) is 10.0 Å². The fourth-order valence-electron chi connectivity index (χ4n) is 2.97. The Hall–Kier alpha value is -0.910. The molecule has 20 heavy (non-hydrogen) atoms. The highest BCUT2D eigenvalue weighted by Gasteiger charge is 2.34. The van der Waals surface area contributed by atoms with Crippen molar-refractivity contribution in [1.29, 1.82) is 0 Å². The molecule has 1 saturated carbocycles. The topological polar surface area (TPSA) is 66.4 Å². The molecule has 1 aromatic rings. The van der Waals surface area contributed by atoms with E-state index in [2.05, 4.69) is 4.72 Å². The zero-order chi connectivity index (χ0) is 15.0. The van der Waals surface area contributed by atoms with Gasteiger partial charge >= 0.3 is 0 Å². The van der Waals surface area contributed by atoms with Crippen molar-refractivity contribution >= 4 is 10.0 Å². The number of hydrogen-bond donors (Lipinski definition) is 2. The van der Waals surface area contributed by atoms with Gasteiger partial charge in [-0.3, -0.25) is 0 Å². The number of aliphatic hydroxyl groups excluding tert-OH is 1. The first-order valence-electron chi connectivity index (χ1n) is 7.02. The molecule has 0 unspecified atom stereocenters. The fraction of sp³-hybridized carbons (Fsp3) is 0.600. The molecule has 0 amide bonds. The summed E-state index contributed by atoms with van der Waals surface area (Å²) in [5.41, 5.74) is 1.95. The number of rotatable bonds is 4. The average molecular weight is 297 g/mol. The van der Waals surface area contributed by atoms with Gasteiger partial charge in [-0.2, -0.15) is 0 Å². The predicted molar refractivity (Wildman–Crippen MR) is 79.0 cm³/mol. The SMILES string of the molecule is Cc1cc(C)c(S(=O)(=O)NC2(C)CCCC2)cc1CO. The van der Waals surface area contributed by atoms with Crippen LogP contribution in [0.25, 0.3) is 0 Å². The van der Waals surface area contributed by atoms with Crippen LogP contribution in [0, 0.1) is 13.8 Å². The maximum Gasteiger partial charge on any atom is 0.241 e. The summed E-state index contributed by atoms with van der Waals surface area (Å²) in [6.45, 7) is 5.49. The van der Waals surface area contributed by atoms with Crippen LogP contribution in [-0.2, 0) is 16.6 Å². The molecule has 5 heteroatoms. The van der Waals surface area contributed by atoms with Crippen LogP contribution < -0.4 is 4.72 Å². The van der Waals surface area contributed by atoms with Gasteiger partial charge in [0, 0.05) is 5.54 Å². The molecule has 2 rings (SSSR count). The van der Waals surface area contributed by atoms with Crippen molar-refractivity contribution in [2.24, 2.45) is 0 Å². The zero-order valence-electron chi connectivity index (χ0n) is 12.4. The first-order valence-corrected chi connectivity index (χ1v) is 8.51. The fourth-order valence-corrected chi connectivity index (χ4v) is 4.71. The molecule has 0 bridgehead atoms. The van der Waals surface area contributed by atoms with E-state index in [0.717, 1.165) is 31.2 Å². The number of aliphatic hydroxyl groups is 1. The molecule has 112 valence electrons. The van der Waals surface area contributed by atoms with Gasteiger partial charge in [-0.25, -0.2) is 13.1 Å². The highest BCUT2D eigenvalue weighted by molar-refractivity contribution is 7.89.